The highest BCUT2D eigenvalue weighted by Gasteiger charge is 2.18. The first-order valence-electron chi connectivity index (χ1n) is 9.00. The van der Waals surface area contributed by atoms with Gasteiger partial charge in [0.15, 0.2) is 0 Å². The standard InChI is InChI=1S/C21H22N4O2/c1-13-14(2)23-20(24-21(13)26)16-5-7-19(22-11-16)25-9-8-15-4-6-18(27-3)10-17(15)12-25/h4-7,10-11H,8-9,12H2,1-3H3,(H,23,24,26). The molecule has 0 saturated heterocycles. The van der Waals surface area contributed by atoms with E-state index >= 15 is 0 Å². The molecule has 27 heavy (non-hydrogen) atoms. The molecule has 3 aromatic rings. The SMILES string of the molecule is COc1ccc2c(c1)CN(c1ccc(-c3nc(C)c(C)c(=O)[nH]3)cn1)CC2. The van der Waals surface area contributed by atoms with Gasteiger partial charge in [0.05, 0.1) is 7.11 Å². The average Bonchev–Trinajstić information content (AvgIpc) is 2.71. The van der Waals surface area contributed by atoms with Crippen LogP contribution in [-0.4, -0.2) is 28.6 Å². The first kappa shape index (κ1) is 17.3. The summed E-state index contributed by atoms with van der Waals surface area (Å²) >= 11 is 0. The number of benzene rings is 1. The number of H-pyrrole nitrogens is 1. The summed E-state index contributed by atoms with van der Waals surface area (Å²) in [6.07, 6.45) is 2.75. The van der Waals surface area contributed by atoms with Gasteiger partial charge in [-0.25, -0.2) is 9.97 Å². The summed E-state index contributed by atoms with van der Waals surface area (Å²) in [5.41, 5.74) is 4.71. The second-order valence-electron chi connectivity index (χ2n) is 6.84. The number of anilines is 1. The Morgan fingerprint density at radius 2 is 2.00 bits per heavy atom. The summed E-state index contributed by atoms with van der Waals surface area (Å²) in [4.78, 5) is 26.1. The van der Waals surface area contributed by atoms with Crippen molar-refractivity contribution < 1.29 is 4.74 Å². The van der Waals surface area contributed by atoms with Crippen LogP contribution in [0.3, 0.4) is 0 Å². The Morgan fingerprint density at radius 3 is 2.70 bits per heavy atom. The number of aromatic nitrogens is 3. The third kappa shape index (κ3) is 3.30. The molecule has 3 heterocycles. The summed E-state index contributed by atoms with van der Waals surface area (Å²) in [6.45, 7) is 5.34. The number of hydrogen-bond acceptors (Lipinski definition) is 5. The number of fused-ring (bicyclic) bond motifs is 1. The van der Waals surface area contributed by atoms with Crippen molar-refractivity contribution in [1.29, 1.82) is 0 Å². The molecule has 0 bridgehead atoms. The largest absolute Gasteiger partial charge is 0.497 e. The smallest absolute Gasteiger partial charge is 0.254 e. The van der Waals surface area contributed by atoms with Crippen molar-refractivity contribution in [2.24, 2.45) is 0 Å². The van der Waals surface area contributed by atoms with E-state index in [1.54, 1.807) is 20.2 Å². The molecular formula is C21H22N4O2. The lowest BCUT2D eigenvalue weighted by Crippen LogP contribution is -2.30. The Bertz CT molecular complexity index is 1040. The zero-order chi connectivity index (χ0) is 19.0. The molecule has 4 rings (SSSR count). The van der Waals surface area contributed by atoms with Crippen LogP contribution in [-0.2, 0) is 13.0 Å². The van der Waals surface area contributed by atoms with Crippen LogP contribution in [0.25, 0.3) is 11.4 Å². The zero-order valence-electron chi connectivity index (χ0n) is 15.7. The predicted octanol–water partition coefficient (Wildman–Crippen LogP) is 3.02. The Kier molecular flexibility index (Phi) is 4.39. The molecule has 1 aromatic carbocycles. The van der Waals surface area contributed by atoms with Gasteiger partial charge in [0, 0.05) is 36.1 Å². The van der Waals surface area contributed by atoms with Crippen molar-refractivity contribution in [3.8, 4) is 17.1 Å². The third-order valence-electron chi connectivity index (χ3n) is 5.17. The number of nitrogens with one attached hydrogen (secondary N) is 1. The third-order valence-corrected chi connectivity index (χ3v) is 5.17. The average molecular weight is 362 g/mol. The monoisotopic (exact) mass is 362 g/mol. The Balaban J connectivity index is 1.58. The first-order valence-corrected chi connectivity index (χ1v) is 9.00. The quantitative estimate of drug-likeness (QED) is 0.775. The maximum atomic E-state index is 12.0. The fraction of sp³-hybridized carbons (Fsp3) is 0.286. The molecule has 0 amide bonds. The molecular weight excluding hydrogens is 340 g/mol. The number of pyridine rings is 1. The number of hydrogen-bond donors (Lipinski definition) is 1. The first-order chi connectivity index (χ1) is 13.0. The molecule has 0 unspecified atom stereocenters. The minimum atomic E-state index is -0.108. The molecule has 0 radical (unpaired) electrons. The zero-order valence-corrected chi connectivity index (χ0v) is 15.7. The van der Waals surface area contributed by atoms with E-state index in [4.69, 9.17) is 4.74 Å². The Morgan fingerprint density at radius 1 is 1.15 bits per heavy atom. The van der Waals surface area contributed by atoms with Crippen LogP contribution in [0.5, 0.6) is 5.75 Å². The van der Waals surface area contributed by atoms with E-state index in [1.165, 1.54) is 11.1 Å². The lowest BCUT2D eigenvalue weighted by molar-refractivity contribution is 0.413. The van der Waals surface area contributed by atoms with Gasteiger partial charge < -0.3 is 14.6 Å². The van der Waals surface area contributed by atoms with Gasteiger partial charge >= 0.3 is 0 Å². The minimum Gasteiger partial charge on any atom is -0.497 e. The number of rotatable bonds is 3. The van der Waals surface area contributed by atoms with Crippen molar-refractivity contribution in [3.05, 3.63) is 69.3 Å². The minimum absolute atomic E-state index is 0.108. The maximum Gasteiger partial charge on any atom is 0.254 e. The number of aryl methyl sites for hydroxylation is 1. The molecule has 0 spiro atoms. The van der Waals surface area contributed by atoms with Crippen LogP contribution >= 0.6 is 0 Å². The van der Waals surface area contributed by atoms with E-state index in [2.05, 4.69) is 32.0 Å². The predicted molar refractivity (Wildman–Crippen MR) is 105 cm³/mol. The van der Waals surface area contributed by atoms with Gasteiger partial charge in [-0.3, -0.25) is 4.79 Å². The lowest BCUT2D eigenvalue weighted by Gasteiger charge is -2.30. The highest BCUT2D eigenvalue weighted by atomic mass is 16.5. The fourth-order valence-electron chi connectivity index (χ4n) is 3.35. The molecule has 2 aromatic heterocycles. The molecule has 0 fully saturated rings. The molecule has 0 atom stereocenters. The number of nitrogens with zero attached hydrogens (tertiary/aromatic N) is 3. The van der Waals surface area contributed by atoms with Gasteiger partial charge in [0.1, 0.15) is 17.4 Å². The fourth-order valence-corrected chi connectivity index (χ4v) is 3.35. The summed E-state index contributed by atoms with van der Waals surface area (Å²) in [6, 6.07) is 10.2. The van der Waals surface area contributed by atoms with Gasteiger partial charge in [-0.2, -0.15) is 0 Å². The van der Waals surface area contributed by atoms with Gasteiger partial charge in [-0.1, -0.05) is 6.07 Å². The van der Waals surface area contributed by atoms with Crippen molar-refractivity contribution in [1.82, 2.24) is 15.0 Å². The summed E-state index contributed by atoms with van der Waals surface area (Å²) in [7, 11) is 1.69. The van der Waals surface area contributed by atoms with Gasteiger partial charge in [0.25, 0.3) is 5.56 Å². The van der Waals surface area contributed by atoms with E-state index in [-0.39, 0.29) is 5.56 Å². The van der Waals surface area contributed by atoms with Crippen LogP contribution < -0.4 is 15.2 Å². The molecule has 6 heteroatoms. The van der Waals surface area contributed by atoms with Crippen molar-refractivity contribution >= 4 is 5.82 Å². The summed E-state index contributed by atoms with van der Waals surface area (Å²) in [5, 5.41) is 0. The molecule has 6 nitrogen and oxygen atoms in total. The van der Waals surface area contributed by atoms with E-state index < -0.39 is 0 Å². The molecule has 1 aliphatic rings. The normalized spacial score (nSPS) is 13.4. The highest BCUT2D eigenvalue weighted by molar-refractivity contribution is 5.57. The number of aromatic amines is 1. The molecule has 0 aliphatic carbocycles. The molecule has 138 valence electrons. The second-order valence-corrected chi connectivity index (χ2v) is 6.84. The van der Waals surface area contributed by atoms with E-state index in [0.29, 0.717) is 11.4 Å². The topological polar surface area (TPSA) is 71.1 Å². The molecule has 1 aliphatic heterocycles. The molecule has 1 N–H and O–H groups in total. The van der Waals surface area contributed by atoms with Crippen molar-refractivity contribution in [3.63, 3.8) is 0 Å². The van der Waals surface area contributed by atoms with Gasteiger partial charge in [0.2, 0.25) is 0 Å². The van der Waals surface area contributed by atoms with Gasteiger partial charge in [-0.05, 0) is 55.7 Å². The van der Waals surface area contributed by atoms with Crippen LogP contribution in [0.2, 0.25) is 0 Å². The highest BCUT2D eigenvalue weighted by Crippen LogP contribution is 2.27. The maximum absolute atomic E-state index is 12.0. The van der Waals surface area contributed by atoms with E-state index in [9.17, 15) is 4.79 Å². The number of ether oxygens (including phenoxy) is 1. The van der Waals surface area contributed by atoms with Crippen molar-refractivity contribution in [2.75, 3.05) is 18.6 Å². The van der Waals surface area contributed by atoms with E-state index in [0.717, 1.165) is 42.3 Å². The lowest BCUT2D eigenvalue weighted by atomic mass is 9.99. The van der Waals surface area contributed by atoms with Crippen LogP contribution in [0.4, 0.5) is 5.82 Å². The summed E-state index contributed by atoms with van der Waals surface area (Å²) in [5.74, 6) is 2.35. The second kappa shape index (κ2) is 6.87. The Hall–Kier alpha value is -3.15. The van der Waals surface area contributed by atoms with E-state index in [1.807, 2.05) is 25.1 Å². The van der Waals surface area contributed by atoms with Crippen molar-refractivity contribution in [2.45, 2.75) is 26.8 Å². The Labute approximate surface area is 157 Å². The van der Waals surface area contributed by atoms with Crippen LogP contribution in [0.1, 0.15) is 22.4 Å². The van der Waals surface area contributed by atoms with Crippen LogP contribution in [0.15, 0.2) is 41.3 Å². The summed E-state index contributed by atoms with van der Waals surface area (Å²) < 4.78 is 5.34. The number of methoxy groups -OCH3 is 1. The van der Waals surface area contributed by atoms with Gasteiger partial charge in [-0.15, -0.1) is 0 Å². The molecule has 0 saturated carbocycles. The van der Waals surface area contributed by atoms with Crippen LogP contribution in [0, 0.1) is 13.8 Å².